The quantitative estimate of drug-likeness (QED) is 0.0369. The predicted octanol–water partition coefficient (Wildman–Crippen LogP) is -0.834. The topological polar surface area (TPSA) is 401 Å². The van der Waals surface area contributed by atoms with Crippen molar-refractivity contribution in [3.8, 4) is 0 Å². The maximum atomic E-state index is 12.7. The fraction of sp³-hybridized carbons (Fsp3) is 0.667. The number of nitrogens with two attached hydrogens (primary N) is 1. The number of aliphatic hydroxyl groups excluding tert-OH is 2. The molecule has 30 heteroatoms. The Kier molecular flexibility index (Phi) is 17.3. The number of phosphoric ester groups is 3. The number of aliphatic carboxylic acids is 1. The van der Waals surface area contributed by atoms with Gasteiger partial charge in [-0.25, -0.2) is 28.6 Å². The van der Waals surface area contributed by atoms with Gasteiger partial charge in [0.2, 0.25) is 16.9 Å². The van der Waals surface area contributed by atoms with Crippen molar-refractivity contribution in [2.45, 2.75) is 70.7 Å². The summed E-state index contributed by atoms with van der Waals surface area (Å²) >= 11 is 0.766. The molecule has 2 aromatic heterocycles. The molecule has 0 aromatic carbocycles. The highest BCUT2D eigenvalue weighted by atomic mass is 32.2. The summed E-state index contributed by atoms with van der Waals surface area (Å²) in [6, 6.07) is 0. The number of carboxylic acid groups (broad SMARTS) is 1. The monoisotopic (exact) mass is 895 g/mol. The molecule has 0 spiro atoms. The van der Waals surface area contributed by atoms with Gasteiger partial charge in [-0.05, 0) is 6.42 Å². The van der Waals surface area contributed by atoms with Crippen LogP contribution in [0.3, 0.4) is 0 Å². The van der Waals surface area contributed by atoms with Crippen LogP contribution in [0, 0.1) is 11.3 Å². The van der Waals surface area contributed by atoms with Crippen molar-refractivity contribution in [1.82, 2.24) is 30.2 Å². The van der Waals surface area contributed by atoms with Crippen molar-refractivity contribution in [2.24, 2.45) is 11.3 Å². The van der Waals surface area contributed by atoms with E-state index in [2.05, 4.69) is 34.4 Å². The van der Waals surface area contributed by atoms with Crippen molar-refractivity contribution in [1.29, 1.82) is 0 Å². The molecule has 11 N–H and O–H groups in total. The standard InChI is InChI=1S/C27H44N7O19P3S/c1-4-5-14(25(39)40)26(41)57-9-8-29-16(35)6-7-30-23(38)20(37)27(2,3)11-50-56(47,48)53-55(45,46)49-10-15-19(52-54(42,43)44)18(36)24(51-15)34-13-33-17-21(28)31-12-32-22(17)34/h12-15,18-20,24,36-37H,4-11H2,1-3H3,(H,29,35)(H,30,38)(H,39,40)(H,45,46)(H,47,48)(H2,28,31,32)(H2,42,43,44)/t14?,15-,18-,19-,20?,24-/m1/s1. The third kappa shape index (κ3) is 14.4. The molecule has 1 fully saturated rings. The molecule has 0 aliphatic carbocycles. The summed E-state index contributed by atoms with van der Waals surface area (Å²) in [6.07, 6.45) is -6.43. The lowest BCUT2D eigenvalue weighted by molar-refractivity contribution is -0.144. The van der Waals surface area contributed by atoms with E-state index in [9.17, 15) is 62.7 Å². The van der Waals surface area contributed by atoms with Crippen LogP contribution in [0.4, 0.5) is 5.82 Å². The number of nitrogens with zero attached hydrogens (tertiary/aromatic N) is 4. The number of rotatable bonds is 23. The molecule has 57 heavy (non-hydrogen) atoms. The van der Waals surface area contributed by atoms with Crippen LogP contribution in [0.15, 0.2) is 12.7 Å². The van der Waals surface area contributed by atoms with Gasteiger partial charge in [0.15, 0.2) is 17.7 Å². The molecule has 2 amide bonds. The zero-order chi connectivity index (χ0) is 42.9. The molecule has 26 nitrogen and oxygen atoms in total. The normalized spacial score (nSPS) is 22.0. The Hall–Kier alpha value is -2.97. The molecule has 0 saturated carbocycles. The number of aromatic nitrogens is 4. The number of imidazole rings is 1. The lowest BCUT2D eigenvalue weighted by Gasteiger charge is -2.30. The average Bonchev–Trinajstić information content (AvgIpc) is 3.66. The van der Waals surface area contributed by atoms with Crippen LogP contribution in [0.1, 0.15) is 46.3 Å². The van der Waals surface area contributed by atoms with E-state index < -0.39 is 102 Å². The Morgan fingerprint density at radius 2 is 1.72 bits per heavy atom. The first-order valence-electron chi connectivity index (χ1n) is 16.7. The summed E-state index contributed by atoms with van der Waals surface area (Å²) in [5, 5.41) is 34.8. The van der Waals surface area contributed by atoms with Gasteiger partial charge in [-0.3, -0.25) is 37.3 Å². The smallest absolute Gasteiger partial charge is 0.481 e. The number of anilines is 1. The minimum atomic E-state index is -5.59. The van der Waals surface area contributed by atoms with Crippen molar-refractivity contribution in [2.75, 3.05) is 37.8 Å². The number of nitrogen functional groups attached to an aromatic ring is 1. The second kappa shape index (κ2) is 20.3. The van der Waals surface area contributed by atoms with E-state index in [1.807, 2.05) is 0 Å². The molecular formula is C27H44N7O19P3S. The molecule has 2 aromatic rings. The number of nitrogens with one attached hydrogen (secondary N) is 2. The van der Waals surface area contributed by atoms with E-state index in [-0.39, 0.29) is 48.7 Å². The number of ether oxygens (including phenoxy) is 1. The molecular weight excluding hydrogens is 851 g/mol. The summed E-state index contributed by atoms with van der Waals surface area (Å²) in [7, 11) is -16.5. The van der Waals surface area contributed by atoms with Crippen molar-refractivity contribution >= 4 is 75.1 Å². The van der Waals surface area contributed by atoms with Crippen LogP contribution in [0.2, 0.25) is 0 Å². The minimum absolute atomic E-state index is 0.0188. The van der Waals surface area contributed by atoms with Gasteiger partial charge in [-0.1, -0.05) is 39.0 Å². The maximum Gasteiger partial charge on any atom is 0.481 e. The van der Waals surface area contributed by atoms with Gasteiger partial charge >= 0.3 is 29.4 Å². The number of thioether (sulfide) groups is 1. The Labute approximate surface area is 327 Å². The van der Waals surface area contributed by atoms with Crippen LogP contribution in [0.5, 0.6) is 0 Å². The van der Waals surface area contributed by atoms with Gasteiger partial charge in [-0.2, -0.15) is 4.31 Å². The third-order valence-electron chi connectivity index (χ3n) is 7.91. The number of carboxylic acids is 1. The van der Waals surface area contributed by atoms with E-state index in [1.165, 1.54) is 13.8 Å². The fourth-order valence-corrected chi connectivity index (χ4v) is 8.67. The van der Waals surface area contributed by atoms with Crippen molar-refractivity contribution in [3.05, 3.63) is 12.7 Å². The highest BCUT2D eigenvalue weighted by Gasteiger charge is 2.50. The van der Waals surface area contributed by atoms with Crippen LogP contribution in [-0.4, -0.2) is 134 Å². The highest BCUT2D eigenvalue weighted by molar-refractivity contribution is 8.13. The summed E-state index contributed by atoms with van der Waals surface area (Å²) < 4.78 is 62.0. The molecule has 0 bridgehead atoms. The predicted molar refractivity (Wildman–Crippen MR) is 193 cm³/mol. The third-order valence-corrected chi connectivity index (χ3v) is 12.0. The Morgan fingerprint density at radius 3 is 2.35 bits per heavy atom. The molecule has 4 unspecified atom stereocenters. The highest BCUT2D eigenvalue weighted by Crippen LogP contribution is 2.61. The second-order valence-corrected chi connectivity index (χ2v) is 18.3. The molecule has 1 aliphatic heterocycles. The number of hydrogen-bond donors (Lipinski definition) is 10. The van der Waals surface area contributed by atoms with Crippen LogP contribution in [0.25, 0.3) is 11.2 Å². The maximum absolute atomic E-state index is 12.7. The average molecular weight is 896 g/mol. The van der Waals surface area contributed by atoms with Gasteiger partial charge < -0.3 is 56.0 Å². The first-order valence-corrected chi connectivity index (χ1v) is 22.2. The van der Waals surface area contributed by atoms with E-state index >= 15 is 0 Å². The molecule has 8 atom stereocenters. The van der Waals surface area contributed by atoms with Crippen molar-refractivity contribution in [3.63, 3.8) is 0 Å². The largest absolute Gasteiger partial charge is 0.481 e. The molecule has 1 aliphatic rings. The van der Waals surface area contributed by atoms with Crippen LogP contribution in [-0.2, 0) is 55.5 Å². The number of aliphatic hydroxyl groups is 2. The van der Waals surface area contributed by atoms with Crippen LogP contribution >= 0.6 is 35.2 Å². The molecule has 3 rings (SSSR count). The summed E-state index contributed by atoms with van der Waals surface area (Å²) in [6.45, 7) is 1.88. The van der Waals surface area contributed by atoms with Gasteiger partial charge in [0.05, 0.1) is 19.5 Å². The SMILES string of the molecule is CCCC(C(=O)O)C(=O)SCCNC(=O)CCNC(=O)C(O)C(C)(C)COP(=O)(O)OP(=O)(O)OC[C@H]1O[C@@H](n2cnc3c(N)ncnc32)[C@H](O)[C@@H]1OP(=O)(O)O. The van der Waals surface area contributed by atoms with E-state index in [4.69, 9.17) is 24.6 Å². The minimum Gasteiger partial charge on any atom is -0.481 e. The first-order chi connectivity index (χ1) is 26.4. The number of fused-ring (bicyclic) bond motifs is 1. The number of amides is 2. The first kappa shape index (κ1) is 48.4. The van der Waals surface area contributed by atoms with Gasteiger partial charge in [-0.15, -0.1) is 0 Å². The Bertz CT molecular complexity index is 1900. The zero-order valence-electron chi connectivity index (χ0n) is 30.4. The number of carbonyl (C=O) groups is 4. The molecule has 1 saturated heterocycles. The van der Waals surface area contributed by atoms with Crippen LogP contribution < -0.4 is 16.4 Å². The molecule has 3 heterocycles. The summed E-state index contributed by atoms with van der Waals surface area (Å²) in [5.41, 5.74) is 4.19. The number of phosphoric acid groups is 3. The second-order valence-electron chi connectivity index (χ2n) is 12.9. The number of hydrogen-bond acceptors (Lipinski definition) is 19. The molecule has 0 radical (unpaired) electrons. The van der Waals surface area contributed by atoms with E-state index in [0.29, 0.717) is 6.42 Å². The van der Waals surface area contributed by atoms with Crippen molar-refractivity contribution < 1.29 is 90.4 Å². The molecule has 322 valence electrons. The Balaban J connectivity index is 1.49. The lowest BCUT2D eigenvalue weighted by atomic mass is 9.87. The Morgan fingerprint density at radius 1 is 1.05 bits per heavy atom. The zero-order valence-corrected chi connectivity index (χ0v) is 33.9. The van der Waals surface area contributed by atoms with Gasteiger partial charge in [0.25, 0.3) is 0 Å². The number of carbonyl (C=O) groups excluding carboxylic acids is 3. The van der Waals surface area contributed by atoms with E-state index in [1.54, 1.807) is 6.92 Å². The van der Waals surface area contributed by atoms with E-state index in [0.717, 1.165) is 29.0 Å². The van der Waals surface area contributed by atoms with Gasteiger partial charge in [0, 0.05) is 30.7 Å². The van der Waals surface area contributed by atoms with Gasteiger partial charge in [0.1, 0.15) is 42.2 Å². The summed E-state index contributed by atoms with van der Waals surface area (Å²) in [5.74, 6) is -3.88. The lowest BCUT2D eigenvalue weighted by Crippen LogP contribution is -2.46. The summed E-state index contributed by atoms with van der Waals surface area (Å²) in [4.78, 5) is 98.8. The fourth-order valence-electron chi connectivity index (χ4n) is 5.01.